The number of nitrogens with zero attached hydrogens (tertiary/aromatic N) is 2. The number of nitrogens with one attached hydrogen (secondary N) is 2. The Labute approximate surface area is 228 Å². The normalized spacial score (nSPS) is 16.7. The molecule has 0 aromatic heterocycles. The van der Waals surface area contributed by atoms with Crippen LogP contribution in [0.2, 0.25) is 0 Å². The van der Waals surface area contributed by atoms with Gasteiger partial charge in [-0.1, -0.05) is 42.5 Å². The van der Waals surface area contributed by atoms with Gasteiger partial charge in [0, 0.05) is 13.1 Å². The highest BCUT2D eigenvalue weighted by Crippen LogP contribution is 2.29. The lowest BCUT2D eigenvalue weighted by Crippen LogP contribution is -2.52. The molecule has 3 atom stereocenters. The Morgan fingerprint density at radius 2 is 1.85 bits per heavy atom. The molecule has 1 saturated heterocycles. The van der Waals surface area contributed by atoms with Crippen LogP contribution in [0.25, 0.3) is 10.8 Å². The van der Waals surface area contributed by atoms with E-state index in [1.54, 1.807) is 26.8 Å². The highest BCUT2D eigenvalue weighted by molar-refractivity contribution is 5.97. The summed E-state index contributed by atoms with van der Waals surface area (Å²) in [6.07, 6.45) is 1.82. The van der Waals surface area contributed by atoms with Gasteiger partial charge < -0.3 is 36.5 Å². The lowest BCUT2D eigenvalue weighted by atomic mass is 9.97. The third kappa shape index (κ3) is 8.17. The number of amides is 3. The smallest absolute Gasteiger partial charge is 0.408 e. The van der Waals surface area contributed by atoms with Crippen molar-refractivity contribution in [3.63, 3.8) is 0 Å². The Kier molecular flexibility index (Phi) is 9.86. The summed E-state index contributed by atoms with van der Waals surface area (Å²) in [4.78, 5) is 57.0. The first kappa shape index (κ1) is 29.4. The number of alkyl carbamates (subject to hydrolysis) is 1. The number of carbonyl (C=O) groups excluding carboxylic acids is 4. The molecule has 1 aliphatic rings. The van der Waals surface area contributed by atoms with Crippen molar-refractivity contribution in [3.05, 3.63) is 48.0 Å². The third-order valence-electron chi connectivity index (χ3n) is 6.34. The molecule has 0 radical (unpaired) electrons. The molecule has 11 heteroatoms. The minimum absolute atomic E-state index is 0.0393. The highest BCUT2D eigenvalue weighted by Gasteiger charge is 2.39. The summed E-state index contributed by atoms with van der Waals surface area (Å²) in [5, 5.41) is 7.19. The first-order valence-corrected chi connectivity index (χ1v) is 13.1. The van der Waals surface area contributed by atoms with Gasteiger partial charge in [0.25, 0.3) is 5.91 Å². The van der Waals surface area contributed by atoms with Gasteiger partial charge in [-0.2, -0.15) is 0 Å². The molecule has 210 valence electrons. The van der Waals surface area contributed by atoms with E-state index < -0.39 is 41.6 Å². The quantitative estimate of drug-likeness (QED) is 0.155. The summed E-state index contributed by atoms with van der Waals surface area (Å²) in [7, 11) is 0. The summed E-state index contributed by atoms with van der Waals surface area (Å²) in [6.45, 7) is 5.89. The highest BCUT2D eigenvalue weighted by atomic mass is 16.6. The van der Waals surface area contributed by atoms with Crippen LogP contribution in [0.3, 0.4) is 0 Å². The average Bonchev–Trinajstić information content (AvgIpc) is 3.37. The van der Waals surface area contributed by atoms with Crippen molar-refractivity contribution in [2.75, 3.05) is 13.1 Å². The van der Waals surface area contributed by atoms with E-state index in [1.165, 1.54) is 4.90 Å². The molecular weight excluding hydrogens is 500 g/mol. The predicted octanol–water partition coefficient (Wildman–Crippen LogP) is 2.13. The molecule has 39 heavy (non-hydrogen) atoms. The van der Waals surface area contributed by atoms with Gasteiger partial charge in [0.1, 0.15) is 24.0 Å². The van der Waals surface area contributed by atoms with Crippen LogP contribution in [0, 0.1) is 0 Å². The molecule has 1 aliphatic heterocycles. The number of fused-ring (bicyclic) bond motifs is 1. The van der Waals surface area contributed by atoms with Crippen LogP contribution >= 0.6 is 0 Å². The number of carbonyl (C=O) groups is 4. The first-order valence-electron chi connectivity index (χ1n) is 13.1. The maximum absolute atomic E-state index is 14.0. The Balaban J connectivity index is 1.83. The standard InChI is InChI=1S/C28H38N6O5/c1-28(2,3)39-27(38)33-23(21-13-6-10-18-9-4-5-12-20(18)21)25(37)34-16-8-14-22(34)24(36)32-19(17-35)11-7-15-31-26(29)30/h4-6,9-10,12-13,17,19,22-23H,7-8,11,14-16H2,1-3H3,(H,32,36)(H,33,38)(H4,29,30,31)/t19?,22-,23+/m0/s1. The molecule has 0 saturated carbocycles. The molecular formula is C28H38N6O5. The van der Waals surface area contributed by atoms with Gasteiger partial charge in [-0.15, -0.1) is 0 Å². The molecule has 1 unspecified atom stereocenters. The number of rotatable bonds is 10. The minimum atomic E-state index is -1.08. The van der Waals surface area contributed by atoms with E-state index in [1.807, 2.05) is 36.4 Å². The van der Waals surface area contributed by atoms with E-state index in [0.29, 0.717) is 50.6 Å². The van der Waals surface area contributed by atoms with E-state index in [-0.39, 0.29) is 5.96 Å². The van der Waals surface area contributed by atoms with Crippen LogP contribution in [0.1, 0.15) is 58.1 Å². The van der Waals surface area contributed by atoms with Gasteiger partial charge in [-0.3, -0.25) is 14.6 Å². The zero-order chi connectivity index (χ0) is 28.6. The van der Waals surface area contributed by atoms with E-state index >= 15 is 0 Å². The molecule has 2 aromatic rings. The summed E-state index contributed by atoms with van der Waals surface area (Å²) in [5.41, 5.74) is 10.5. The van der Waals surface area contributed by atoms with Crippen LogP contribution < -0.4 is 22.1 Å². The van der Waals surface area contributed by atoms with Crippen molar-refractivity contribution in [2.24, 2.45) is 16.5 Å². The summed E-state index contributed by atoms with van der Waals surface area (Å²) in [6, 6.07) is 10.5. The van der Waals surface area contributed by atoms with Crippen molar-refractivity contribution in [1.29, 1.82) is 0 Å². The molecule has 0 aliphatic carbocycles. The predicted molar refractivity (Wildman–Crippen MR) is 149 cm³/mol. The van der Waals surface area contributed by atoms with Gasteiger partial charge in [-0.25, -0.2) is 4.79 Å². The summed E-state index contributed by atoms with van der Waals surface area (Å²) in [5.74, 6) is -0.887. The second-order valence-electron chi connectivity index (χ2n) is 10.5. The Morgan fingerprint density at radius 1 is 1.13 bits per heavy atom. The van der Waals surface area contributed by atoms with Gasteiger partial charge in [0.2, 0.25) is 5.91 Å². The SMILES string of the molecule is CC(C)(C)OC(=O)N[C@@H](C(=O)N1CCC[C@H]1C(=O)NC(C=O)CCCN=C(N)N)c1cccc2ccccc12. The van der Waals surface area contributed by atoms with E-state index in [2.05, 4.69) is 15.6 Å². The second kappa shape index (κ2) is 13.1. The maximum atomic E-state index is 14.0. The monoisotopic (exact) mass is 538 g/mol. The number of likely N-dealkylation sites (tertiary alicyclic amines) is 1. The average molecular weight is 539 g/mol. The largest absolute Gasteiger partial charge is 0.444 e. The molecule has 2 aromatic carbocycles. The van der Waals surface area contributed by atoms with Crippen molar-refractivity contribution in [3.8, 4) is 0 Å². The van der Waals surface area contributed by atoms with Crippen molar-refractivity contribution in [2.45, 2.75) is 70.2 Å². The Hall–Kier alpha value is -4.15. The fourth-order valence-corrected chi connectivity index (χ4v) is 4.64. The molecule has 6 N–H and O–H groups in total. The fourth-order valence-electron chi connectivity index (χ4n) is 4.64. The summed E-state index contributed by atoms with van der Waals surface area (Å²) < 4.78 is 5.45. The molecule has 0 spiro atoms. The number of hydrogen-bond donors (Lipinski definition) is 4. The third-order valence-corrected chi connectivity index (χ3v) is 6.34. The fraction of sp³-hybridized carbons (Fsp3) is 0.464. The number of nitrogens with two attached hydrogens (primary N) is 2. The van der Waals surface area contributed by atoms with Crippen molar-refractivity contribution < 1.29 is 23.9 Å². The minimum Gasteiger partial charge on any atom is -0.444 e. The number of aliphatic imine (C=N–C) groups is 1. The lowest BCUT2D eigenvalue weighted by Gasteiger charge is -2.30. The Bertz CT molecular complexity index is 1220. The number of aldehydes is 1. The van der Waals surface area contributed by atoms with Crippen LogP contribution in [0.4, 0.5) is 4.79 Å². The van der Waals surface area contributed by atoms with Gasteiger partial charge in [0.15, 0.2) is 5.96 Å². The van der Waals surface area contributed by atoms with Gasteiger partial charge >= 0.3 is 6.09 Å². The molecule has 11 nitrogen and oxygen atoms in total. The topological polar surface area (TPSA) is 169 Å². The van der Waals surface area contributed by atoms with Crippen LogP contribution in [-0.4, -0.2) is 65.8 Å². The van der Waals surface area contributed by atoms with Gasteiger partial charge in [-0.05, 0) is 62.8 Å². The Morgan fingerprint density at radius 3 is 2.54 bits per heavy atom. The zero-order valence-corrected chi connectivity index (χ0v) is 22.7. The van der Waals surface area contributed by atoms with E-state index in [9.17, 15) is 19.2 Å². The lowest BCUT2D eigenvalue weighted by molar-refractivity contribution is -0.140. The molecule has 1 fully saturated rings. The molecule has 0 bridgehead atoms. The first-order chi connectivity index (χ1) is 18.5. The number of guanidine groups is 1. The van der Waals surface area contributed by atoms with Crippen LogP contribution in [0.5, 0.6) is 0 Å². The zero-order valence-electron chi connectivity index (χ0n) is 22.7. The van der Waals surface area contributed by atoms with Gasteiger partial charge in [0.05, 0.1) is 6.04 Å². The van der Waals surface area contributed by atoms with E-state index in [0.717, 1.165) is 10.8 Å². The summed E-state index contributed by atoms with van der Waals surface area (Å²) >= 11 is 0. The molecule has 3 rings (SSSR count). The number of benzene rings is 2. The number of hydrogen-bond acceptors (Lipinski definition) is 6. The van der Waals surface area contributed by atoms with Crippen LogP contribution in [-0.2, 0) is 19.1 Å². The van der Waals surface area contributed by atoms with E-state index in [4.69, 9.17) is 16.2 Å². The number of ether oxygens (including phenoxy) is 1. The van der Waals surface area contributed by atoms with Crippen LogP contribution in [0.15, 0.2) is 47.5 Å². The molecule has 3 amide bonds. The van der Waals surface area contributed by atoms with Crippen molar-refractivity contribution in [1.82, 2.24) is 15.5 Å². The van der Waals surface area contributed by atoms with Crippen molar-refractivity contribution >= 4 is 40.9 Å². The molecule has 1 heterocycles. The maximum Gasteiger partial charge on any atom is 0.408 e. The second-order valence-corrected chi connectivity index (χ2v) is 10.5.